The smallest absolute Gasteiger partial charge is 0.244 e. The molecule has 1 aliphatic heterocycles. The topological polar surface area (TPSA) is 58.6 Å². The second-order valence-corrected chi connectivity index (χ2v) is 6.94. The SMILES string of the molecule is COc1ccc([C@H]2SCC(=O)N2CC(=O)Nc2ccc(C)cc2)cc1. The number of ether oxygens (including phenoxy) is 1. The second kappa shape index (κ2) is 7.61. The van der Waals surface area contributed by atoms with Crippen LogP contribution in [0.2, 0.25) is 0 Å². The fourth-order valence-corrected chi connectivity index (χ4v) is 3.85. The number of hydrogen-bond donors (Lipinski definition) is 1. The van der Waals surface area contributed by atoms with Gasteiger partial charge in [-0.25, -0.2) is 0 Å². The summed E-state index contributed by atoms with van der Waals surface area (Å²) in [6, 6.07) is 15.2. The van der Waals surface area contributed by atoms with Gasteiger partial charge < -0.3 is 15.0 Å². The first-order chi connectivity index (χ1) is 12.1. The average Bonchev–Trinajstić information content (AvgIpc) is 2.98. The van der Waals surface area contributed by atoms with Gasteiger partial charge in [0.25, 0.3) is 0 Å². The highest BCUT2D eigenvalue weighted by molar-refractivity contribution is 8.00. The molecule has 2 aromatic rings. The fourth-order valence-electron chi connectivity index (χ4n) is 2.66. The number of rotatable bonds is 5. The summed E-state index contributed by atoms with van der Waals surface area (Å²) in [5.74, 6) is 0.930. The molecule has 1 aliphatic rings. The van der Waals surface area contributed by atoms with Gasteiger partial charge in [0.2, 0.25) is 11.8 Å². The standard InChI is InChI=1S/C19H20N2O3S/c1-13-3-7-15(8-4-13)20-17(22)11-21-18(23)12-25-19(21)14-5-9-16(24-2)10-6-14/h3-10,19H,11-12H2,1-2H3,(H,20,22)/t19-/m1/s1. The first kappa shape index (κ1) is 17.4. The van der Waals surface area contributed by atoms with E-state index in [1.165, 1.54) is 11.8 Å². The predicted octanol–water partition coefficient (Wildman–Crippen LogP) is 3.22. The van der Waals surface area contributed by atoms with Crippen LogP contribution in [0.4, 0.5) is 5.69 Å². The molecule has 0 aromatic heterocycles. The Morgan fingerprint density at radius 3 is 2.52 bits per heavy atom. The summed E-state index contributed by atoms with van der Waals surface area (Å²) in [5.41, 5.74) is 2.85. The molecule has 0 saturated carbocycles. The van der Waals surface area contributed by atoms with E-state index in [9.17, 15) is 9.59 Å². The molecule has 0 spiro atoms. The van der Waals surface area contributed by atoms with Gasteiger partial charge in [0.15, 0.2) is 0 Å². The maximum Gasteiger partial charge on any atom is 0.244 e. The molecule has 0 bridgehead atoms. The van der Waals surface area contributed by atoms with Crippen LogP contribution in [0, 0.1) is 6.92 Å². The number of carbonyl (C=O) groups is 2. The minimum Gasteiger partial charge on any atom is -0.497 e. The van der Waals surface area contributed by atoms with Crippen LogP contribution in [0.3, 0.4) is 0 Å². The van der Waals surface area contributed by atoms with Crippen molar-refractivity contribution < 1.29 is 14.3 Å². The molecule has 6 heteroatoms. The molecule has 25 heavy (non-hydrogen) atoms. The van der Waals surface area contributed by atoms with Gasteiger partial charge in [-0.1, -0.05) is 29.8 Å². The Morgan fingerprint density at radius 2 is 1.88 bits per heavy atom. The summed E-state index contributed by atoms with van der Waals surface area (Å²) >= 11 is 1.53. The Morgan fingerprint density at radius 1 is 1.20 bits per heavy atom. The summed E-state index contributed by atoms with van der Waals surface area (Å²) in [5, 5.41) is 2.69. The molecule has 5 nitrogen and oxygen atoms in total. The maximum atomic E-state index is 12.3. The van der Waals surface area contributed by atoms with Gasteiger partial charge in [0, 0.05) is 5.69 Å². The number of hydrogen-bond acceptors (Lipinski definition) is 4. The molecule has 1 N–H and O–H groups in total. The van der Waals surface area contributed by atoms with Gasteiger partial charge >= 0.3 is 0 Å². The molecule has 1 heterocycles. The molecule has 1 atom stereocenters. The predicted molar refractivity (Wildman–Crippen MR) is 99.7 cm³/mol. The van der Waals surface area contributed by atoms with Crippen LogP contribution >= 0.6 is 11.8 Å². The quantitative estimate of drug-likeness (QED) is 0.894. The third kappa shape index (κ3) is 4.14. The number of carbonyl (C=O) groups excluding carboxylic acids is 2. The van der Waals surface area contributed by atoms with Gasteiger partial charge in [-0.15, -0.1) is 11.8 Å². The van der Waals surface area contributed by atoms with Crippen molar-refractivity contribution in [1.82, 2.24) is 4.90 Å². The van der Waals surface area contributed by atoms with Crippen molar-refractivity contribution in [2.45, 2.75) is 12.3 Å². The number of anilines is 1. The zero-order valence-electron chi connectivity index (χ0n) is 14.2. The van der Waals surface area contributed by atoms with E-state index in [4.69, 9.17) is 4.74 Å². The van der Waals surface area contributed by atoms with Crippen molar-refractivity contribution in [3.8, 4) is 5.75 Å². The molecule has 0 unspecified atom stereocenters. The Kier molecular flexibility index (Phi) is 5.28. The summed E-state index contributed by atoms with van der Waals surface area (Å²) in [6.45, 7) is 2.03. The maximum absolute atomic E-state index is 12.3. The number of thioether (sulfide) groups is 1. The highest BCUT2D eigenvalue weighted by Crippen LogP contribution is 2.38. The van der Waals surface area contributed by atoms with E-state index in [0.29, 0.717) is 5.75 Å². The van der Waals surface area contributed by atoms with Crippen LogP contribution in [0.1, 0.15) is 16.5 Å². The zero-order valence-corrected chi connectivity index (χ0v) is 15.0. The largest absolute Gasteiger partial charge is 0.497 e. The monoisotopic (exact) mass is 356 g/mol. The normalized spacial score (nSPS) is 16.8. The van der Waals surface area contributed by atoms with Gasteiger partial charge in [0.1, 0.15) is 17.7 Å². The van der Waals surface area contributed by atoms with Gasteiger partial charge in [-0.05, 0) is 36.8 Å². The average molecular weight is 356 g/mol. The van der Waals surface area contributed by atoms with Crippen LogP contribution in [0.25, 0.3) is 0 Å². The Labute approximate surface area is 151 Å². The van der Waals surface area contributed by atoms with Gasteiger partial charge in [-0.2, -0.15) is 0 Å². The Bertz CT molecular complexity index is 759. The van der Waals surface area contributed by atoms with Crippen molar-refractivity contribution in [3.63, 3.8) is 0 Å². The van der Waals surface area contributed by atoms with Crippen LogP contribution < -0.4 is 10.1 Å². The third-order valence-corrected chi connectivity index (χ3v) is 5.27. The Balaban J connectivity index is 1.68. The lowest BCUT2D eigenvalue weighted by Gasteiger charge is -2.23. The lowest BCUT2D eigenvalue weighted by atomic mass is 10.2. The zero-order chi connectivity index (χ0) is 17.8. The van der Waals surface area contributed by atoms with Crippen molar-refractivity contribution >= 4 is 29.3 Å². The summed E-state index contributed by atoms with van der Waals surface area (Å²) in [4.78, 5) is 26.2. The number of nitrogens with zero attached hydrogens (tertiary/aromatic N) is 1. The fraction of sp³-hybridized carbons (Fsp3) is 0.263. The van der Waals surface area contributed by atoms with E-state index in [-0.39, 0.29) is 23.7 Å². The number of methoxy groups -OCH3 is 1. The number of benzene rings is 2. The number of nitrogens with one attached hydrogen (secondary N) is 1. The summed E-state index contributed by atoms with van der Waals surface area (Å²) in [6.07, 6.45) is 0. The molecule has 2 amide bonds. The first-order valence-electron chi connectivity index (χ1n) is 7.98. The molecular formula is C19H20N2O3S. The molecule has 0 radical (unpaired) electrons. The minimum absolute atomic E-state index is 0.0233. The van der Waals surface area contributed by atoms with Crippen LogP contribution in [-0.2, 0) is 9.59 Å². The lowest BCUT2D eigenvalue weighted by molar-refractivity contribution is -0.132. The van der Waals surface area contributed by atoms with Gasteiger partial charge in [-0.3, -0.25) is 9.59 Å². The van der Waals surface area contributed by atoms with Crippen LogP contribution in [0.15, 0.2) is 48.5 Å². The van der Waals surface area contributed by atoms with Crippen molar-refractivity contribution in [2.75, 3.05) is 24.7 Å². The molecule has 1 fully saturated rings. The Hall–Kier alpha value is -2.47. The molecule has 3 rings (SSSR count). The molecular weight excluding hydrogens is 336 g/mol. The van der Waals surface area contributed by atoms with E-state index >= 15 is 0 Å². The third-order valence-electron chi connectivity index (χ3n) is 4.02. The lowest BCUT2D eigenvalue weighted by Crippen LogP contribution is -2.36. The second-order valence-electron chi connectivity index (χ2n) is 5.87. The summed E-state index contributed by atoms with van der Waals surface area (Å²) < 4.78 is 5.17. The van der Waals surface area contributed by atoms with E-state index < -0.39 is 0 Å². The van der Waals surface area contributed by atoms with Crippen LogP contribution in [-0.4, -0.2) is 36.1 Å². The highest BCUT2D eigenvalue weighted by Gasteiger charge is 2.34. The van der Waals surface area contributed by atoms with E-state index in [0.717, 1.165) is 22.6 Å². The van der Waals surface area contributed by atoms with E-state index in [2.05, 4.69) is 5.32 Å². The molecule has 1 saturated heterocycles. The van der Waals surface area contributed by atoms with E-state index in [1.807, 2.05) is 55.5 Å². The van der Waals surface area contributed by atoms with Crippen molar-refractivity contribution in [1.29, 1.82) is 0 Å². The van der Waals surface area contributed by atoms with Crippen molar-refractivity contribution in [2.24, 2.45) is 0 Å². The number of amides is 2. The molecule has 2 aromatic carbocycles. The van der Waals surface area contributed by atoms with Gasteiger partial charge in [0.05, 0.1) is 12.9 Å². The highest BCUT2D eigenvalue weighted by atomic mass is 32.2. The number of aryl methyl sites for hydroxylation is 1. The van der Waals surface area contributed by atoms with Crippen molar-refractivity contribution in [3.05, 3.63) is 59.7 Å². The molecule has 0 aliphatic carbocycles. The minimum atomic E-state index is -0.196. The molecule has 130 valence electrons. The summed E-state index contributed by atoms with van der Waals surface area (Å²) in [7, 11) is 1.62. The first-order valence-corrected chi connectivity index (χ1v) is 9.03. The van der Waals surface area contributed by atoms with Crippen LogP contribution in [0.5, 0.6) is 5.75 Å². The van der Waals surface area contributed by atoms with E-state index in [1.54, 1.807) is 12.0 Å².